The molecule has 2 amide bonds. The average Bonchev–Trinajstić information content (AvgIpc) is 2.53. The highest BCUT2D eigenvalue weighted by Gasteiger charge is 2.31. The molecule has 2 atom stereocenters. The van der Waals surface area contributed by atoms with Gasteiger partial charge in [-0.2, -0.15) is 0 Å². The predicted molar refractivity (Wildman–Crippen MR) is 84.4 cm³/mol. The summed E-state index contributed by atoms with van der Waals surface area (Å²) in [6.45, 7) is 2.47. The van der Waals surface area contributed by atoms with Crippen LogP contribution in [0.1, 0.15) is 31.7 Å². The molecular formula is C17H24N2O3. The number of primary amides is 1. The lowest BCUT2D eigenvalue weighted by Crippen LogP contribution is -2.48. The van der Waals surface area contributed by atoms with E-state index in [1.54, 1.807) is 12.0 Å². The molecule has 22 heavy (non-hydrogen) atoms. The number of amides is 2. The van der Waals surface area contributed by atoms with Crippen LogP contribution < -0.4 is 10.5 Å². The van der Waals surface area contributed by atoms with Crippen molar-refractivity contribution in [3.63, 3.8) is 0 Å². The molecule has 0 bridgehead atoms. The number of carbonyl (C=O) groups is 2. The zero-order valence-corrected chi connectivity index (χ0v) is 13.2. The van der Waals surface area contributed by atoms with Crippen molar-refractivity contribution in [3.8, 4) is 5.75 Å². The van der Waals surface area contributed by atoms with Crippen LogP contribution in [0.3, 0.4) is 0 Å². The standard InChI is InChI=1S/C17H24N2O3/c1-12-7-8-14(17(18)21)11-19(12)16(20)10-9-13-5-3-4-6-15(13)22-2/h3-6,12,14H,7-11H2,1-2H3,(H2,18,21)/t12-,14+/m0/s1. The van der Waals surface area contributed by atoms with Gasteiger partial charge in [0.25, 0.3) is 0 Å². The zero-order valence-electron chi connectivity index (χ0n) is 13.2. The molecule has 0 aliphatic carbocycles. The number of carbonyl (C=O) groups excluding carboxylic acids is 2. The van der Waals surface area contributed by atoms with Crippen molar-refractivity contribution in [2.45, 2.75) is 38.6 Å². The van der Waals surface area contributed by atoms with Gasteiger partial charge in [-0.3, -0.25) is 9.59 Å². The number of methoxy groups -OCH3 is 1. The third-order valence-corrected chi connectivity index (χ3v) is 4.41. The van der Waals surface area contributed by atoms with Crippen LogP contribution in [0.4, 0.5) is 0 Å². The SMILES string of the molecule is COc1ccccc1CCC(=O)N1C[C@H](C(N)=O)CC[C@@H]1C. The van der Waals surface area contributed by atoms with Crippen molar-refractivity contribution in [1.82, 2.24) is 4.90 Å². The van der Waals surface area contributed by atoms with E-state index in [-0.39, 0.29) is 23.8 Å². The number of nitrogens with zero attached hydrogens (tertiary/aromatic N) is 1. The predicted octanol–water partition coefficient (Wildman–Crippen LogP) is 1.74. The molecule has 1 aliphatic heterocycles. The molecule has 1 fully saturated rings. The maximum Gasteiger partial charge on any atom is 0.223 e. The van der Waals surface area contributed by atoms with Crippen LogP contribution >= 0.6 is 0 Å². The zero-order chi connectivity index (χ0) is 16.1. The lowest BCUT2D eigenvalue weighted by Gasteiger charge is -2.37. The summed E-state index contributed by atoms with van der Waals surface area (Å²) in [5.74, 6) is 0.349. The molecule has 1 saturated heterocycles. The van der Waals surface area contributed by atoms with E-state index in [9.17, 15) is 9.59 Å². The topological polar surface area (TPSA) is 72.6 Å². The lowest BCUT2D eigenvalue weighted by molar-refractivity contribution is -0.137. The molecule has 0 saturated carbocycles. The number of rotatable bonds is 5. The molecule has 0 aromatic heterocycles. The van der Waals surface area contributed by atoms with E-state index in [1.807, 2.05) is 31.2 Å². The number of aryl methyl sites for hydroxylation is 1. The number of piperidine rings is 1. The van der Waals surface area contributed by atoms with E-state index in [0.29, 0.717) is 19.4 Å². The Hall–Kier alpha value is -2.04. The number of likely N-dealkylation sites (tertiary alicyclic amines) is 1. The Bertz CT molecular complexity index is 544. The number of para-hydroxylation sites is 1. The van der Waals surface area contributed by atoms with Crippen LogP contribution in [0.25, 0.3) is 0 Å². The summed E-state index contributed by atoms with van der Waals surface area (Å²) in [5.41, 5.74) is 6.41. The van der Waals surface area contributed by atoms with Crippen molar-refractivity contribution < 1.29 is 14.3 Å². The summed E-state index contributed by atoms with van der Waals surface area (Å²) < 4.78 is 5.31. The van der Waals surface area contributed by atoms with Gasteiger partial charge in [-0.1, -0.05) is 18.2 Å². The van der Waals surface area contributed by atoms with Gasteiger partial charge >= 0.3 is 0 Å². The van der Waals surface area contributed by atoms with Gasteiger partial charge in [0.05, 0.1) is 13.0 Å². The van der Waals surface area contributed by atoms with E-state index in [0.717, 1.165) is 24.2 Å². The Balaban J connectivity index is 1.97. The molecular weight excluding hydrogens is 280 g/mol. The second kappa shape index (κ2) is 7.29. The molecule has 1 heterocycles. The minimum absolute atomic E-state index is 0.0735. The van der Waals surface area contributed by atoms with E-state index in [4.69, 9.17) is 10.5 Å². The number of nitrogens with two attached hydrogens (primary N) is 1. The molecule has 0 radical (unpaired) electrons. The fourth-order valence-electron chi connectivity index (χ4n) is 2.98. The Morgan fingerprint density at radius 3 is 2.73 bits per heavy atom. The van der Waals surface area contributed by atoms with Gasteiger partial charge in [0.15, 0.2) is 0 Å². The van der Waals surface area contributed by atoms with Crippen molar-refractivity contribution in [2.24, 2.45) is 11.7 Å². The van der Waals surface area contributed by atoms with Gasteiger partial charge in [-0.05, 0) is 37.8 Å². The molecule has 120 valence electrons. The molecule has 1 aliphatic rings. The van der Waals surface area contributed by atoms with Crippen LogP contribution in [-0.4, -0.2) is 36.4 Å². The maximum atomic E-state index is 12.5. The van der Waals surface area contributed by atoms with Gasteiger partial charge in [0.1, 0.15) is 5.75 Å². The van der Waals surface area contributed by atoms with Gasteiger partial charge in [-0.15, -0.1) is 0 Å². The lowest BCUT2D eigenvalue weighted by atomic mass is 9.92. The highest BCUT2D eigenvalue weighted by Crippen LogP contribution is 2.24. The average molecular weight is 304 g/mol. The Morgan fingerprint density at radius 2 is 2.05 bits per heavy atom. The first-order valence-corrected chi connectivity index (χ1v) is 7.73. The smallest absolute Gasteiger partial charge is 0.223 e. The first kappa shape index (κ1) is 16.3. The molecule has 2 rings (SSSR count). The largest absolute Gasteiger partial charge is 0.496 e. The second-order valence-corrected chi connectivity index (χ2v) is 5.88. The molecule has 0 spiro atoms. The molecule has 1 aromatic rings. The Labute approximate surface area is 131 Å². The summed E-state index contributed by atoms with van der Waals surface area (Å²) in [6.07, 6.45) is 2.64. The highest BCUT2D eigenvalue weighted by molar-refractivity contribution is 5.80. The van der Waals surface area contributed by atoms with Gasteiger partial charge in [0, 0.05) is 19.0 Å². The summed E-state index contributed by atoms with van der Waals surface area (Å²) >= 11 is 0. The molecule has 1 aromatic carbocycles. The molecule has 5 heteroatoms. The molecule has 2 N–H and O–H groups in total. The monoisotopic (exact) mass is 304 g/mol. The van der Waals surface area contributed by atoms with Gasteiger partial charge in [-0.25, -0.2) is 0 Å². The quantitative estimate of drug-likeness (QED) is 0.900. The van der Waals surface area contributed by atoms with E-state index in [1.165, 1.54) is 0 Å². The number of ether oxygens (including phenoxy) is 1. The Morgan fingerprint density at radius 1 is 1.32 bits per heavy atom. The van der Waals surface area contributed by atoms with Crippen molar-refractivity contribution in [2.75, 3.05) is 13.7 Å². The third-order valence-electron chi connectivity index (χ3n) is 4.41. The fourth-order valence-corrected chi connectivity index (χ4v) is 2.98. The third kappa shape index (κ3) is 3.78. The van der Waals surface area contributed by atoms with Gasteiger partial charge < -0.3 is 15.4 Å². The normalized spacial score (nSPS) is 21.5. The van der Waals surface area contributed by atoms with Gasteiger partial charge in [0.2, 0.25) is 11.8 Å². The van der Waals surface area contributed by atoms with Crippen LogP contribution in [0.15, 0.2) is 24.3 Å². The second-order valence-electron chi connectivity index (χ2n) is 5.88. The summed E-state index contributed by atoms with van der Waals surface area (Å²) in [6, 6.07) is 7.88. The fraction of sp³-hybridized carbons (Fsp3) is 0.529. The summed E-state index contributed by atoms with van der Waals surface area (Å²) in [7, 11) is 1.63. The van der Waals surface area contributed by atoms with Crippen LogP contribution in [0.5, 0.6) is 5.75 Å². The first-order chi connectivity index (χ1) is 10.5. The van der Waals surface area contributed by atoms with Crippen molar-refractivity contribution in [3.05, 3.63) is 29.8 Å². The number of hydrogen-bond acceptors (Lipinski definition) is 3. The Kier molecular flexibility index (Phi) is 5.41. The van der Waals surface area contributed by atoms with Crippen LogP contribution in [-0.2, 0) is 16.0 Å². The van der Waals surface area contributed by atoms with E-state index >= 15 is 0 Å². The van der Waals surface area contributed by atoms with Crippen LogP contribution in [0, 0.1) is 5.92 Å². The first-order valence-electron chi connectivity index (χ1n) is 7.73. The van der Waals surface area contributed by atoms with E-state index in [2.05, 4.69) is 0 Å². The molecule has 0 unspecified atom stereocenters. The van der Waals surface area contributed by atoms with Crippen LogP contribution in [0.2, 0.25) is 0 Å². The maximum absolute atomic E-state index is 12.5. The van der Waals surface area contributed by atoms with Crippen molar-refractivity contribution >= 4 is 11.8 Å². The number of benzene rings is 1. The molecule has 5 nitrogen and oxygen atoms in total. The summed E-state index contributed by atoms with van der Waals surface area (Å²) in [5, 5.41) is 0. The minimum Gasteiger partial charge on any atom is -0.496 e. The summed E-state index contributed by atoms with van der Waals surface area (Å²) in [4.78, 5) is 25.6. The van der Waals surface area contributed by atoms with E-state index < -0.39 is 0 Å². The number of hydrogen-bond donors (Lipinski definition) is 1. The minimum atomic E-state index is -0.311. The highest BCUT2D eigenvalue weighted by atomic mass is 16.5. The van der Waals surface area contributed by atoms with Crippen molar-refractivity contribution in [1.29, 1.82) is 0 Å².